The fourth-order valence-electron chi connectivity index (χ4n) is 2.86. The standard InChI is InChI=1S/C14H27NO4S/c1-12(2)10-13-6-4-3-5-7-15(13)8-9-20(18,19)11-14(16)17/h12-13H,3-11H2,1-2H3,(H,16,17). The summed E-state index contributed by atoms with van der Waals surface area (Å²) in [5, 5.41) is 8.61. The minimum absolute atomic E-state index is 0.0477. The summed E-state index contributed by atoms with van der Waals surface area (Å²) in [6.45, 7) is 5.77. The van der Waals surface area contributed by atoms with Crippen molar-refractivity contribution in [2.45, 2.75) is 52.0 Å². The summed E-state index contributed by atoms with van der Waals surface area (Å²) < 4.78 is 23.4. The highest BCUT2D eigenvalue weighted by molar-refractivity contribution is 7.92. The van der Waals surface area contributed by atoms with Crippen LogP contribution in [0.1, 0.15) is 46.0 Å². The van der Waals surface area contributed by atoms with E-state index in [2.05, 4.69) is 18.7 Å². The first-order chi connectivity index (χ1) is 9.30. The molecule has 1 N–H and O–H groups in total. The molecule has 1 aliphatic rings. The number of sulfone groups is 1. The van der Waals surface area contributed by atoms with E-state index in [0.29, 0.717) is 18.5 Å². The first-order valence-electron chi connectivity index (χ1n) is 7.46. The second kappa shape index (κ2) is 7.98. The Kier molecular flexibility index (Phi) is 6.95. The van der Waals surface area contributed by atoms with Crippen LogP contribution >= 0.6 is 0 Å². The molecule has 0 aliphatic carbocycles. The van der Waals surface area contributed by atoms with Gasteiger partial charge in [0.15, 0.2) is 9.84 Å². The summed E-state index contributed by atoms with van der Waals surface area (Å²) in [7, 11) is -3.49. The van der Waals surface area contributed by atoms with Gasteiger partial charge in [0.1, 0.15) is 5.75 Å². The Balaban J connectivity index is 2.58. The molecule has 5 nitrogen and oxygen atoms in total. The summed E-state index contributed by atoms with van der Waals surface area (Å²) in [6, 6.07) is 0.442. The zero-order valence-electron chi connectivity index (χ0n) is 12.5. The van der Waals surface area contributed by atoms with Crippen molar-refractivity contribution in [3.05, 3.63) is 0 Å². The van der Waals surface area contributed by atoms with Gasteiger partial charge in [-0.1, -0.05) is 26.7 Å². The first kappa shape index (κ1) is 17.4. The predicted octanol–water partition coefficient (Wildman–Crippen LogP) is 1.78. The first-order valence-corrected chi connectivity index (χ1v) is 9.28. The van der Waals surface area contributed by atoms with Gasteiger partial charge in [0.2, 0.25) is 0 Å². The van der Waals surface area contributed by atoms with E-state index in [0.717, 1.165) is 25.8 Å². The van der Waals surface area contributed by atoms with Crippen molar-refractivity contribution in [3.8, 4) is 0 Å². The topological polar surface area (TPSA) is 74.7 Å². The highest BCUT2D eigenvalue weighted by Crippen LogP contribution is 2.22. The molecular formula is C14H27NO4S. The lowest BCUT2D eigenvalue weighted by Gasteiger charge is -2.31. The van der Waals surface area contributed by atoms with Crippen LogP contribution in [-0.2, 0) is 14.6 Å². The zero-order valence-corrected chi connectivity index (χ0v) is 13.4. The van der Waals surface area contributed by atoms with E-state index in [1.54, 1.807) is 0 Å². The predicted molar refractivity (Wildman–Crippen MR) is 79.6 cm³/mol. The van der Waals surface area contributed by atoms with E-state index in [-0.39, 0.29) is 5.75 Å². The zero-order chi connectivity index (χ0) is 15.2. The van der Waals surface area contributed by atoms with Gasteiger partial charge in [-0.3, -0.25) is 9.69 Å². The summed E-state index contributed by atoms with van der Waals surface area (Å²) >= 11 is 0. The molecule has 1 rings (SSSR count). The Bertz CT molecular complexity index is 405. The molecule has 0 radical (unpaired) electrons. The number of nitrogens with zero attached hydrogens (tertiary/aromatic N) is 1. The largest absolute Gasteiger partial charge is 0.480 e. The Morgan fingerprint density at radius 1 is 1.30 bits per heavy atom. The SMILES string of the molecule is CC(C)CC1CCCCCN1CCS(=O)(=O)CC(=O)O. The molecule has 1 heterocycles. The monoisotopic (exact) mass is 305 g/mol. The molecule has 1 unspecified atom stereocenters. The van der Waals surface area contributed by atoms with E-state index in [1.165, 1.54) is 12.8 Å². The molecule has 0 aromatic carbocycles. The molecule has 0 aromatic rings. The maximum Gasteiger partial charge on any atom is 0.318 e. The number of aliphatic carboxylic acids is 1. The second-order valence-electron chi connectivity index (χ2n) is 6.15. The number of carboxylic acid groups (broad SMARTS) is 1. The van der Waals surface area contributed by atoms with Crippen LogP contribution < -0.4 is 0 Å². The fourth-order valence-corrected chi connectivity index (χ4v) is 3.89. The minimum Gasteiger partial charge on any atom is -0.480 e. The van der Waals surface area contributed by atoms with Crippen molar-refractivity contribution in [3.63, 3.8) is 0 Å². The van der Waals surface area contributed by atoms with Gasteiger partial charge in [0, 0.05) is 12.6 Å². The van der Waals surface area contributed by atoms with Crippen LogP contribution in [0.3, 0.4) is 0 Å². The van der Waals surface area contributed by atoms with E-state index >= 15 is 0 Å². The van der Waals surface area contributed by atoms with Crippen molar-refractivity contribution in [2.24, 2.45) is 5.92 Å². The van der Waals surface area contributed by atoms with E-state index in [4.69, 9.17) is 5.11 Å². The summed E-state index contributed by atoms with van der Waals surface area (Å²) in [5.74, 6) is -1.47. The molecule has 0 spiro atoms. The van der Waals surface area contributed by atoms with Crippen molar-refractivity contribution < 1.29 is 18.3 Å². The van der Waals surface area contributed by atoms with Crippen LogP contribution in [0.2, 0.25) is 0 Å². The van der Waals surface area contributed by atoms with Crippen LogP contribution in [-0.4, -0.2) is 55.0 Å². The summed E-state index contributed by atoms with van der Waals surface area (Å²) in [5.41, 5.74) is 0. The molecule has 0 amide bonds. The third kappa shape index (κ3) is 6.70. The van der Waals surface area contributed by atoms with Gasteiger partial charge in [0.25, 0.3) is 0 Å². The third-order valence-corrected chi connectivity index (χ3v) is 5.27. The van der Waals surface area contributed by atoms with Crippen LogP contribution in [0, 0.1) is 5.92 Å². The van der Waals surface area contributed by atoms with Crippen molar-refractivity contribution in [1.29, 1.82) is 0 Å². The Morgan fingerprint density at radius 2 is 2.00 bits per heavy atom. The molecule has 118 valence electrons. The molecule has 0 bridgehead atoms. The smallest absolute Gasteiger partial charge is 0.318 e. The fraction of sp³-hybridized carbons (Fsp3) is 0.929. The van der Waals surface area contributed by atoms with Gasteiger partial charge in [-0.2, -0.15) is 0 Å². The van der Waals surface area contributed by atoms with Gasteiger partial charge >= 0.3 is 5.97 Å². The number of likely N-dealkylation sites (tertiary alicyclic amines) is 1. The van der Waals surface area contributed by atoms with E-state index < -0.39 is 21.6 Å². The second-order valence-corrected chi connectivity index (χ2v) is 8.34. The van der Waals surface area contributed by atoms with Crippen LogP contribution in [0.25, 0.3) is 0 Å². The molecule has 0 saturated carbocycles. The van der Waals surface area contributed by atoms with Gasteiger partial charge < -0.3 is 5.11 Å². The quantitative estimate of drug-likeness (QED) is 0.776. The summed E-state index contributed by atoms with van der Waals surface area (Å²) in [6.07, 6.45) is 5.71. The molecule has 1 atom stereocenters. The molecule has 0 aromatic heterocycles. The highest BCUT2D eigenvalue weighted by Gasteiger charge is 2.24. The van der Waals surface area contributed by atoms with Crippen molar-refractivity contribution >= 4 is 15.8 Å². The maximum atomic E-state index is 11.7. The lowest BCUT2D eigenvalue weighted by Crippen LogP contribution is -2.39. The Morgan fingerprint density at radius 3 is 2.60 bits per heavy atom. The van der Waals surface area contributed by atoms with Crippen LogP contribution in [0.4, 0.5) is 0 Å². The van der Waals surface area contributed by atoms with Crippen molar-refractivity contribution in [2.75, 3.05) is 24.6 Å². The molecule has 6 heteroatoms. The van der Waals surface area contributed by atoms with E-state index in [9.17, 15) is 13.2 Å². The van der Waals surface area contributed by atoms with Gasteiger partial charge in [-0.05, 0) is 31.7 Å². The maximum absolute atomic E-state index is 11.7. The number of hydrogen-bond donors (Lipinski definition) is 1. The summed E-state index contributed by atoms with van der Waals surface area (Å²) in [4.78, 5) is 12.8. The average molecular weight is 305 g/mol. The lowest BCUT2D eigenvalue weighted by atomic mass is 9.99. The molecule has 1 fully saturated rings. The number of hydrogen-bond acceptors (Lipinski definition) is 4. The third-order valence-electron chi connectivity index (χ3n) is 3.78. The van der Waals surface area contributed by atoms with Gasteiger partial charge in [-0.15, -0.1) is 0 Å². The van der Waals surface area contributed by atoms with Crippen LogP contribution in [0.15, 0.2) is 0 Å². The molecular weight excluding hydrogens is 278 g/mol. The van der Waals surface area contributed by atoms with Gasteiger partial charge in [-0.25, -0.2) is 8.42 Å². The number of carboxylic acids is 1. The number of rotatable bonds is 7. The number of carbonyl (C=O) groups is 1. The van der Waals surface area contributed by atoms with E-state index in [1.807, 2.05) is 0 Å². The van der Waals surface area contributed by atoms with Crippen molar-refractivity contribution in [1.82, 2.24) is 4.90 Å². The lowest BCUT2D eigenvalue weighted by molar-refractivity contribution is -0.134. The average Bonchev–Trinajstić information content (AvgIpc) is 2.49. The Labute approximate surface area is 122 Å². The van der Waals surface area contributed by atoms with Crippen LogP contribution in [0.5, 0.6) is 0 Å². The molecule has 20 heavy (non-hydrogen) atoms. The normalized spacial score (nSPS) is 21.9. The highest BCUT2D eigenvalue weighted by atomic mass is 32.2. The van der Waals surface area contributed by atoms with Gasteiger partial charge in [0.05, 0.1) is 5.75 Å². The molecule has 1 aliphatic heterocycles. The Hall–Kier alpha value is -0.620. The minimum atomic E-state index is -3.49. The molecule has 1 saturated heterocycles.